The first-order valence-corrected chi connectivity index (χ1v) is 7.79. The van der Waals surface area contributed by atoms with Gasteiger partial charge in [0, 0.05) is 25.1 Å². The molecule has 2 amide bonds. The molecule has 122 valence electrons. The number of methoxy groups -OCH3 is 1. The van der Waals surface area contributed by atoms with Crippen molar-refractivity contribution in [1.29, 1.82) is 0 Å². The Labute approximate surface area is 132 Å². The van der Waals surface area contributed by atoms with Crippen LogP contribution in [0.5, 0.6) is 0 Å². The van der Waals surface area contributed by atoms with Gasteiger partial charge in [-0.1, -0.05) is 37.6 Å². The molecule has 0 bridgehead atoms. The summed E-state index contributed by atoms with van der Waals surface area (Å²) in [7, 11) is 1.67. The maximum atomic E-state index is 12.0. The van der Waals surface area contributed by atoms with Crippen LogP contribution in [0.3, 0.4) is 0 Å². The summed E-state index contributed by atoms with van der Waals surface area (Å²) in [5, 5.41) is 15.4. The molecule has 5 heteroatoms. The molecule has 1 saturated carbocycles. The number of urea groups is 1. The Hall–Kier alpha value is -1.59. The zero-order valence-corrected chi connectivity index (χ0v) is 13.4. The molecule has 1 fully saturated rings. The second kappa shape index (κ2) is 7.61. The number of aliphatic hydroxyl groups excluding tert-OH is 1. The van der Waals surface area contributed by atoms with Gasteiger partial charge in [0.15, 0.2) is 0 Å². The summed E-state index contributed by atoms with van der Waals surface area (Å²) in [5.41, 5.74) is 1.96. The van der Waals surface area contributed by atoms with Gasteiger partial charge < -0.3 is 20.5 Å². The van der Waals surface area contributed by atoms with E-state index < -0.39 is 0 Å². The SMILES string of the molecule is COCc1ccc(CNC(=O)NC2CCCC2(C)CO)cc1. The van der Waals surface area contributed by atoms with E-state index in [2.05, 4.69) is 10.6 Å². The molecule has 1 aliphatic rings. The predicted molar refractivity (Wildman–Crippen MR) is 85.4 cm³/mol. The summed E-state index contributed by atoms with van der Waals surface area (Å²) < 4.78 is 5.07. The van der Waals surface area contributed by atoms with E-state index in [4.69, 9.17) is 4.74 Å². The number of hydrogen-bond donors (Lipinski definition) is 3. The minimum absolute atomic E-state index is 0.0431. The molecule has 3 N–H and O–H groups in total. The third kappa shape index (κ3) is 4.21. The summed E-state index contributed by atoms with van der Waals surface area (Å²) >= 11 is 0. The molecular weight excluding hydrogens is 280 g/mol. The number of ether oxygens (including phenoxy) is 1. The summed E-state index contributed by atoms with van der Waals surface area (Å²) in [6.07, 6.45) is 2.93. The smallest absolute Gasteiger partial charge is 0.315 e. The molecule has 2 rings (SSSR count). The van der Waals surface area contributed by atoms with Gasteiger partial charge in [0.2, 0.25) is 0 Å². The van der Waals surface area contributed by atoms with E-state index in [-0.39, 0.29) is 24.1 Å². The maximum Gasteiger partial charge on any atom is 0.315 e. The minimum atomic E-state index is -0.195. The van der Waals surface area contributed by atoms with E-state index in [1.807, 2.05) is 31.2 Å². The lowest BCUT2D eigenvalue weighted by Gasteiger charge is -2.30. The van der Waals surface area contributed by atoms with Crippen LogP contribution in [0, 0.1) is 5.41 Å². The molecule has 0 saturated heterocycles. The molecule has 0 aromatic heterocycles. The van der Waals surface area contributed by atoms with Crippen LogP contribution < -0.4 is 10.6 Å². The van der Waals surface area contributed by atoms with Gasteiger partial charge in [0.05, 0.1) is 13.2 Å². The first-order chi connectivity index (χ1) is 10.6. The van der Waals surface area contributed by atoms with E-state index >= 15 is 0 Å². The first-order valence-electron chi connectivity index (χ1n) is 7.79. The fourth-order valence-electron chi connectivity index (χ4n) is 2.98. The average Bonchev–Trinajstić information content (AvgIpc) is 2.88. The Kier molecular flexibility index (Phi) is 5.80. The lowest BCUT2D eigenvalue weighted by Crippen LogP contribution is -2.48. The summed E-state index contributed by atoms with van der Waals surface area (Å²) in [4.78, 5) is 12.0. The first kappa shape index (κ1) is 16.8. The number of carbonyl (C=O) groups excluding carboxylic acids is 1. The molecule has 1 aliphatic carbocycles. The summed E-state index contributed by atoms with van der Waals surface area (Å²) in [6, 6.07) is 7.84. The van der Waals surface area contributed by atoms with Crippen LogP contribution in [0.25, 0.3) is 0 Å². The molecule has 5 nitrogen and oxygen atoms in total. The number of nitrogens with one attached hydrogen (secondary N) is 2. The van der Waals surface area contributed by atoms with E-state index in [1.54, 1.807) is 7.11 Å². The van der Waals surface area contributed by atoms with Gasteiger partial charge in [0.1, 0.15) is 0 Å². The van der Waals surface area contributed by atoms with Crippen molar-refractivity contribution in [2.24, 2.45) is 5.41 Å². The van der Waals surface area contributed by atoms with E-state index in [9.17, 15) is 9.90 Å². The summed E-state index contributed by atoms with van der Waals surface area (Å²) in [5.74, 6) is 0. The number of hydrogen-bond acceptors (Lipinski definition) is 3. The Morgan fingerprint density at radius 3 is 2.68 bits per heavy atom. The van der Waals surface area contributed by atoms with Crippen LogP contribution in [0.15, 0.2) is 24.3 Å². The van der Waals surface area contributed by atoms with Crippen LogP contribution in [0.1, 0.15) is 37.3 Å². The quantitative estimate of drug-likeness (QED) is 0.754. The standard InChI is InChI=1S/C17H26N2O3/c1-17(12-20)9-3-4-15(17)19-16(21)18-10-13-5-7-14(8-6-13)11-22-2/h5-8,15,20H,3-4,9-12H2,1-2H3,(H2,18,19,21). The van der Waals surface area contributed by atoms with Crippen molar-refractivity contribution in [3.05, 3.63) is 35.4 Å². The fraction of sp³-hybridized carbons (Fsp3) is 0.588. The highest BCUT2D eigenvalue weighted by Crippen LogP contribution is 2.37. The van der Waals surface area contributed by atoms with E-state index in [0.29, 0.717) is 13.2 Å². The zero-order valence-electron chi connectivity index (χ0n) is 13.4. The molecular formula is C17H26N2O3. The van der Waals surface area contributed by atoms with Crippen LogP contribution in [0.4, 0.5) is 4.79 Å². The van der Waals surface area contributed by atoms with Gasteiger partial charge >= 0.3 is 6.03 Å². The molecule has 0 aliphatic heterocycles. The van der Waals surface area contributed by atoms with E-state index in [1.165, 1.54) is 0 Å². The fourth-order valence-corrected chi connectivity index (χ4v) is 2.98. The summed E-state index contributed by atoms with van der Waals surface area (Å²) in [6.45, 7) is 3.22. The van der Waals surface area contributed by atoms with Gasteiger partial charge in [-0.3, -0.25) is 0 Å². The Balaban J connectivity index is 1.80. The molecule has 0 heterocycles. The lowest BCUT2D eigenvalue weighted by molar-refractivity contribution is 0.121. The number of carbonyl (C=O) groups is 1. The van der Waals surface area contributed by atoms with E-state index in [0.717, 1.165) is 30.4 Å². The Morgan fingerprint density at radius 2 is 2.05 bits per heavy atom. The van der Waals surface area contributed by atoms with Gasteiger partial charge in [0.25, 0.3) is 0 Å². The molecule has 0 spiro atoms. The van der Waals surface area contributed by atoms with Gasteiger partial charge in [-0.15, -0.1) is 0 Å². The van der Waals surface area contributed by atoms with Crippen LogP contribution in [-0.2, 0) is 17.9 Å². The van der Waals surface area contributed by atoms with Crippen molar-refractivity contribution in [1.82, 2.24) is 10.6 Å². The zero-order chi connectivity index (χ0) is 16.0. The van der Waals surface area contributed by atoms with Crippen LogP contribution in [0.2, 0.25) is 0 Å². The highest BCUT2D eigenvalue weighted by atomic mass is 16.5. The second-order valence-electron chi connectivity index (χ2n) is 6.33. The lowest BCUT2D eigenvalue weighted by atomic mass is 9.86. The van der Waals surface area contributed by atoms with Crippen molar-refractivity contribution in [3.63, 3.8) is 0 Å². The second-order valence-corrected chi connectivity index (χ2v) is 6.33. The Morgan fingerprint density at radius 1 is 1.36 bits per heavy atom. The number of amides is 2. The molecule has 0 radical (unpaired) electrons. The molecule has 1 aromatic carbocycles. The molecule has 2 unspecified atom stereocenters. The van der Waals surface area contributed by atoms with Gasteiger partial charge in [-0.25, -0.2) is 4.79 Å². The highest BCUT2D eigenvalue weighted by molar-refractivity contribution is 5.74. The van der Waals surface area contributed by atoms with Gasteiger partial charge in [-0.2, -0.15) is 0 Å². The highest BCUT2D eigenvalue weighted by Gasteiger charge is 2.38. The van der Waals surface area contributed by atoms with Crippen molar-refractivity contribution in [2.45, 2.75) is 45.4 Å². The normalized spacial score (nSPS) is 24.2. The maximum absolute atomic E-state index is 12.0. The number of benzene rings is 1. The third-order valence-corrected chi connectivity index (χ3v) is 4.54. The van der Waals surface area contributed by atoms with Crippen molar-refractivity contribution >= 4 is 6.03 Å². The average molecular weight is 306 g/mol. The molecule has 1 aromatic rings. The predicted octanol–water partition coefficient (Wildman–Crippen LogP) is 2.18. The third-order valence-electron chi connectivity index (χ3n) is 4.54. The van der Waals surface area contributed by atoms with Crippen LogP contribution >= 0.6 is 0 Å². The van der Waals surface area contributed by atoms with Crippen molar-refractivity contribution in [3.8, 4) is 0 Å². The molecule has 22 heavy (non-hydrogen) atoms. The monoisotopic (exact) mass is 306 g/mol. The van der Waals surface area contributed by atoms with Crippen LogP contribution in [-0.4, -0.2) is 30.9 Å². The number of aliphatic hydroxyl groups is 1. The minimum Gasteiger partial charge on any atom is -0.396 e. The van der Waals surface area contributed by atoms with Crippen molar-refractivity contribution in [2.75, 3.05) is 13.7 Å². The van der Waals surface area contributed by atoms with Gasteiger partial charge in [-0.05, 0) is 24.0 Å². The van der Waals surface area contributed by atoms with Crippen molar-refractivity contribution < 1.29 is 14.6 Å². The topological polar surface area (TPSA) is 70.6 Å². The largest absolute Gasteiger partial charge is 0.396 e. The molecule has 2 atom stereocenters. The number of rotatable bonds is 6. The Bertz CT molecular complexity index is 489.